The zero-order valence-corrected chi connectivity index (χ0v) is 20.1. The number of amides is 1. The van der Waals surface area contributed by atoms with Crippen molar-refractivity contribution in [2.45, 2.75) is 64.1 Å². The van der Waals surface area contributed by atoms with Gasteiger partial charge in [0.1, 0.15) is 0 Å². The van der Waals surface area contributed by atoms with E-state index in [1.165, 1.54) is 0 Å². The molecule has 34 heavy (non-hydrogen) atoms. The van der Waals surface area contributed by atoms with Gasteiger partial charge in [-0.1, -0.05) is 56.1 Å². The van der Waals surface area contributed by atoms with Crippen molar-refractivity contribution in [2.24, 2.45) is 0 Å². The predicted octanol–water partition coefficient (Wildman–Crippen LogP) is 5.98. The largest absolute Gasteiger partial charge is 0.479 e. The van der Waals surface area contributed by atoms with Crippen LogP contribution in [0.4, 0.5) is 4.39 Å². The van der Waals surface area contributed by atoms with Gasteiger partial charge >= 0.3 is 6.01 Å². The van der Waals surface area contributed by atoms with E-state index in [9.17, 15) is 14.3 Å². The van der Waals surface area contributed by atoms with Crippen molar-refractivity contribution < 1.29 is 14.3 Å². The SMILES string of the molecule is CC(C)c1cccc(-c2nc(O)nc(-c3cc(CNC(=O)C4(F)CCCCC4)ccc3Cl)n2)c1. The third-order valence-corrected chi connectivity index (χ3v) is 6.54. The highest BCUT2D eigenvalue weighted by molar-refractivity contribution is 6.33. The molecule has 4 rings (SSSR count). The molecule has 1 amide bonds. The Morgan fingerprint density at radius 2 is 1.82 bits per heavy atom. The van der Waals surface area contributed by atoms with Crippen LogP contribution in [0.5, 0.6) is 6.01 Å². The molecule has 1 fully saturated rings. The fourth-order valence-electron chi connectivity index (χ4n) is 4.18. The van der Waals surface area contributed by atoms with E-state index in [4.69, 9.17) is 11.6 Å². The van der Waals surface area contributed by atoms with Crippen LogP contribution in [0.15, 0.2) is 42.5 Å². The highest BCUT2D eigenvalue weighted by atomic mass is 35.5. The summed E-state index contributed by atoms with van der Waals surface area (Å²) in [6.07, 6.45) is 2.92. The van der Waals surface area contributed by atoms with E-state index >= 15 is 0 Å². The number of benzene rings is 2. The second kappa shape index (κ2) is 10.1. The molecule has 0 radical (unpaired) electrons. The summed E-state index contributed by atoms with van der Waals surface area (Å²) in [6, 6.07) is 12.5. The summed E-state index contributed by atoms with van der Waals surface area (Å²) in [4.78, 5) is 25.2. The minimum Gasteiger partial charge on any atom is -0.479 e. The number of carbonyl (C=O) groups is 1. The Bertz CT molecular complexity index is 1200. The van der Waals surface area contributed by atoms with Crippen molar-refractivity contribution in [1.82, 2.24) is 20.3 Å². The van der Waals surface area contributed by atoms with Gasteiger partial charge in [0.05, 0.1) is 5.02 Å². The first-order valence-corrected chi connectivity index (χ1v) is 11.9. The average molecular weight is 483 g/mol. The van der Waals surface area contributed by atoms with Gasteiger partial charge in [-0.3, -0.25) is 4.79 Å². The topological polar surface area (TPSA) is 88.0 Å². The van der Waals surface area contributed by atoms with Crippen molar-refractivity contribution in [2.75, 3.05) is 0 Å². The van der Waals surface area contributed by atoms with E-state index in [-0.39, 0.29) is 25.2 Å². The summed E-state index contributed by atoms with van der Waals surface area (Å²) in [5, 5.41) is 13.3. The van der Waals surface area contributed by atoms with Crippen LogP contribution in [0.25, 0.3) is 22.8 Å². The number of aromatic nitrogens is 3. The molecule has 1 aliphatic carbocycles. The minimum absolute atomic E-state index is 0.148. The molecule has 6 nitrogen and oxygen atoms in total. The second-order valence-electron chi connectivity index (χ2n) is 9.09. The first-order chi connectivity index (χ1) is 16.2. The molecular formula is C26H28ClFN4O2. The third kappa shape index (κ3) is 5.36. The van der Waals surface area contributed by atoms with Gasteiger partial charge in [-0.15, -0.1) is 0 Å². The van der Waals surface area contributed by atoms with Gasteiger partial charge in [-0.2, -0.15) is 9.97 Å². The molecule has 8 heteroatoms. The lowest BCUT2D eigenvalue weighted by atomic mass is 9.85. The van der Waals surface area contributed by atoms with Gasteiger partial charge in [0.25, 0.3) is 5.91 Å². The maximum atomic E-state index is 14.9. The Morgan fingerprint density at radius 3 is 2.56 bits per heavy atom. The maximum absolute atomic E-state index is 14.9. The summed E-state index contributed by atoms with van der Waals surface area (Å²) >= 11 is 6.43. The first kappa shape index (κ1) is 24.1. The summed E-state index contributed by atoms with van der Waals surface area (Å²) in [7, 11) is 0. The molecule has 2 aromatic carbocycles. The molecule has 1 aliphatic rings. The molecule has 0 aliphatic heterocycles. The molecule has 0 saturated heterocycles. The van der Waals surface area contributed by atoms with Crippen LogP contribution in [0.1, 0.15) is 63.0 Å². The summed E-state index contributed by atoms with van der Waals surface area (Å²) in [5.74, 6) is 0.295. The van der Waals surface area contributed by atoms with E-state index in [2.05, 4.69) is 34.1 Å². The van der Waals surface area contributed by atoms with Crippen LogP contribution < -0.4 is 5.32 Å². The highest BCUT2D eigenvalue weighted by Gasteiger charge is 2.39. The standard InChI is InChI=1S/C26H28ClFN4O2/c1-16(2)18-7-6-8-19(14-18)22-30-23(32-25(34)31-22)20-13-17(9-10-21(20)27)15-29-24(33)26(28)11-4-3-5-12-26/h6-10,13-14,16H,3-5,11-12,15H2,1-2H3,(H,29,33)(H,30,31,32,34). The van der Waals surface area contributed by atoms with E-state index in [1.807, 2.05) is 24.3 Å². The van der Waals surface area contributed by atoms with E-state index in [0.29, 0.717) is 22.3 Å². The van der Waals surface area contributed by atoms with Crippen molar-refractivity contribution in [1.29, 1.82) is 0 Å². The lowest BCUT2D eigenvalue weighted by Crippen LogP contribution is -2.44. The zero-order valence-electron chi connectivity index (χ0n) is 19.3. The fraction of sp³-hybridized carbons (Fsp3) is 0.385. The highest BCUT2D eigenvalue weighted by Crippen LogP contribution is 2.33. The lowest BCUT2D eigenvalue weighted by molar-refractivity contribution is -0.135. The number of hydrogen-bond acceptors (Lipinski definition) is 5. The first-order valence-electron chi connectivity index (χ1n) is 11.6. The minimum atomic E-state index is -1.80. The fourth-order valence-corrected chi connectivity index (χ4v) is 4.39. The Hall–Kier alpha value is -3.06. The third-order valence-electron chi connectivity index (χ3n) is 6.21. The Balaban J connectivity index is 1.59. The molecule has 1 heterocycles. The molecule has 0 bridgehead atoms. The van der Waals surface area contributed by atoms with Crippen LogP contribution in [-0.4, -0.2) is 31.6 Å². The van der Waals surface area contributed by atoms with Gasteiger partial charge in [-0.25, -0.2) is 9.37 Å². The quantitative estimate of drug-likeness (QED) is 0.451. The number of carbonyl (C=O) groups excluding carboxylic acids is 1. The normalized spacial score (nSPS) is 15.3. The molecule has 178 valence electrons. The lowest BCUT2D eigenvalue weighted by Gasteiger charge is -2.28. The average Bonchev–Trinajstić information content (AvgIpc) is 2.83. The molecule has 0 spiro atoms. The molecule has 0 unspecified atom stereocenters. The Labute approximate surface area is 203 Å². The van der Waals surface area contributed by atoms with E-state index in [1.54, 1.807) is 18.2 Å². The van der Waals surface area contributed by atoms with Crippen molar-refractivity contribution in [3.63, 3.8) is 0 Å². The van der Waals surface area contributed by atoms with Crippen LogP contribution in [0, 0.1) is 0 Å². The zero-order chi connectivity index (χ0) is 24.3. The Morgan fingerprint density at radius 1 is 1.09 bits per heavy atom. The molecule has 2 N–H and O–H groups in total. The number of alkyl halides is 1. The predicted molar refractivity (Wildman–Crippen MR) is 130 cm³/mol. The van der Waals surface area contributed by atoms with Gasteiger partial charge in [0, 0.05) is 17.7 Å². The van der Waals surface area contributed by atoms with Crippen LogP contribution in [-0.2, 0) is 11.3 Å². The molecular weight excluding hydrogens is 455 g/mol. The number of nitrogens with one attached hydrogen (secondary N) is 1. The van der Waals surface area contributed by atoms with Crippen molar-refractivity contribution in [3.05, 3.63) is 58.6 Å². The van der Waals surface area contributed by atoms with Gasteiger partial charge in [0.2, 0.25) is 0 Å². The van der Waals surface area contributed by atoms with Gasteiger partial charge in [0.15, 0.2) is 17.3 Å². The molecule has 3 aromatic rings. The number of rotatable bonds is 6. The van der Waals surface area contributed by atoms with Gasteiger partial charge in [-0.05, 0) is 60.9 Å². The number of hydrogen-bond donors (Lipinski definition) is 2. The van der Waals surface area contributed by atoms with Crippen LogP contribution in [0.3, 0.4) is 0 Å². The monoisotopic (exact) mass is 482 g/mol. The Kier molecular flexibility index (Phi) is 7.12. The number of aromatic hydroxyl groups is 1. The molecule has 1 aromatic heterocycles. The van der Waals surface area contributed by atoms with E-state index in [0.717, 1.165) is 36.0 Å². The number of halogens is 2. The number of nitrogens with zero attached hydrogens (tertiary/aromatic N) is 3. The summed E-state index contributed by atoms with van der Waals surface area (Å²) in [6.45, 7) is 4.34. The summed E-state index contributed by atoms with van der Waals surface area (Å²) < 4.78 is 14.9. The van der Waals surface area contributed by atoms with Crippen LogP contribution in [0.2, 0.25) is 5.02 Å². The molecule has 1 saturated carbocycles. The smallest absolute Gasteiger partial charge is 0.318 e. The summed E-state index contributed by atoms with van der Waals surface area (Å²) in [5.41, 5.74) is 1.28. The molecule has 0 atom stereocenters. The second-order valence-corrected chi connectivity index (χ2v) is 9.49. The van der Waals surface area contributed by atoms with Gasteiger partial charge < -0.3 is 10.4 Å². The van der Waals surface area contributed by atoms with Crippen LogP contribution >= 0.6 is 11.6 Å². The van der Waals surface area contributed by atoms with Crippen molar-refractivity contribution >= 4 is 17.5 Å². The van der Waals surface area contributed by atoms with Crippen molar-refractivity contribution in [3.8, 4) is 28.8 Å². The van der Waals surface area contributed by atoms with E-state index < -0.39 is 17.6 Å². The maximum Gasteiger partial charge on any atom is 0.318 e.